The zero-order valence-corrected chi connectivity index (χ0v) is 19.1. The first-order valence-electron chi connectivity index (χ1n) is 11.2. The average molecular weight is 448 g/mol. The van der Waals surface area contributed by atoms with Crippen LogP contribution < -0.4 is 10.2 Å². The van der Waals surface area contributed by atoms with Crippen LogP contribution in [0.2, 0.25) is 5.02 Å². The lowest BCUT2D eigenvalue weighted by Crippen LogP contribution is -2.31. The van der Waals surface area contributed by atoms with Gasteiger partial charge < -0.3 is 10.2 Å². The van der Waals surface area contributed by atoms with Gasteiger partial charge in [-0.1, -0.05) is 23.7 Å². The van der Waals surface area contributed by atoms with E-state index in [9.17, 15) is 4.79 Å². The molecule has 164 valence electrons. The number of benzene rings is 2. The van der Waals surface area contributed by atoms with E-state index in [-0.39, 0.29) is 11.8 Å². The predicted octanol–water partition coefficient (Wildman–Crippen LogP) is 5.47. The van der Waals surface area contributed by atoms with Crippen molar-refractivity contribution >= 4 is 29.0 Å². The number of nitrogens with zero attached hydrogens (tertiary/aromatic N) is 4. The molecule has 2 aromatic carbocycles. The van der Waals surface area contributed by atoms with Crippen molar-refractivity contribution in [3.8, 4) is 11.4 Å². The molecule has 3 aromatic rings. The van der Waals surface area contributed by atoms with Gasteiger partial charge in [-0.3, -0.25) is 4.79 Å². The van der Waals surface area contributed by atoms with Gasteiger partial charge in [-0.15, -0.1) is 5.10 Å². The fourth-order valence-corrected chi connectivity index (χ4v) is 4.77. The Hall–Kier alpha value is -3.12. The number of hydrogen-bond acceptors (Lipinski definition) is 5. The van der Waals surface area contributed by atoms with Crippen LogP contribution in [-0.4, -0.2) is 33.6 Å². The Morgan fingerprint density at radius 2 is 1.78 bits per heavy atom. The lowest BCUT2D eigenvalue weighted by Gasteiger charge is -2.32. The number of carbonyl (C=O) groups is 1. The molecule has 0 fully saturated rings. The zero-order valence-electron chi connectivity index (χ0n) is 18.3. The van der Waals surface area contributed by atoms with E-state index in [0.717, 1.165) is 48.3 Å². The standard InChI is InChI=1S/C25H26ClN5O/c1-3-30(4-2)19-14-10-17(11-15-19)24-28-25-27-20-6-5-7-21(32)22(20)23(31(25)29-24)16-8-12-18(26)13-9-16/h8-15,23H,3-7H2,1-2H3,(H,27,28,29). The second-order valence-corrected chi connectivity index (χ2v) is 8.61. The highest BCUT2D eigenvalue weighted by atomic mass is 35.5. The summed E-state index contributed by atoms with van der Waals surface area (Å²) in [7, 11) is 0. The SMILES string of the molecule is CCN(CC)c1ccc(-c2nc3n(n2)C(c2ccc(Cl)cc2)C2=C(CCCC2=O)N3)cc1. The molecule has 0 saturated carbocycles. The van der Waals surface area contributed by atoms with Crippen molar-refractivity contribution in [2.24, 2.45) is 0 Å². The molecule has 0 saturated heterocycles. The second-order valence-electron chi connectivity index (χ2n) is 8.17. The lowest BCUT2D eigenvalue weighted by atomic mass is 9.85. The van der Waals surface area contributed by atoms with E-state index in [2.05, 4.69) is 48.3 Å². The molecular formula is C25H26ClN5O. The number of Topliss-reactive ketones (excluding diaryl/α,β-unsaturated/α-hetero) is 1. The molecule has 32 heavy (non-hydrogen) atoms. The third-order valence-electron chi connectivity index (χ3n) is 6.31. The first-order chi connectivity index (χ1) is 15.6. The van der Waals surface area contributed by atoms with E-state index in [0.29, 0.717) is 23.2 Å². The summed E-state index contributed by atoms with van der Waals surface area (Å²) in [4.78, 5) is 20.0. The molecule has 1 unspecified atom stereocenters. The van der Waals surface area contributed by atoms with Crippen LogP contribution in [0.4, 0.5) is 11.6 Å². The normalized spacial score (nSPS) is 17.6. The molecule has 1 aliphatic carbocycles. The quantitative estimate of drug-likeness (QED) is 0.562. The molecule has 0 bridgehead atoms. The average Bonchev–Trinajstić information content (AvgIpc) is 3.24. The number of hydrogen-bond donors (Lipinski definition) is 1. The number of nitrogens with one attached hydrogen (secondary N) is 1. The molecule has 2 aliphatic rings. The summed E-state index contributed by atoms with van der Waals surface area (Å²) in [5.41, 5.74) is 4.86. The Morgan fingerprint density at radius 1 is 1.06 bits per heavy atom. The van der Waals surface area contributed by atoms with Crippen molar-refractivity contribution in [3.63, 3.8) is 0 Å². The fourth-order valence-electron chi connectivity index (χ4n) is 4.64. The highest BCUT2D eigenvalue weighted by Gasteiger charge is 2.36. The summed E-state index contributed by atoms with van der Waals surface area (Å²) in [5, 5.41) is 8.91. The van der Waals surface area contributed by atoms with Gasteiger partial charge in [-0.2, -0.15) is 4.98 Å². The van der Waals surface area contributed by atoms with Crippen LogP contribution in [0.5, 0.6) is 0 Å². The molecule has 2 heterocycles. The van der Waals surface area contributed by atoms with Crippen molar-refractivity contribution in [1.82, 2.24) is 14.8 Å². The number of fused-ring (bicyclic) bond motifs is 1. The maximum absolute atomic E-state index is 12.9. The molecular weight excluding hydrogens is 422 g/mol. The van der Waals surface area contributed by atoms with Gasteiger partial charge in [-0.05, 0) is 68.7 Å². The number of allylic oxidation sites excluding steroid dienone is 2. The van der Waals surface area contributed by atoms with E-state index >= 15 is 0 Å². The summed E-state index contributed by atoms with van der Waals surface area (Å²) in [6, 6.07) is 15.7. The Morgan fingerprint density at radius 3 is 2.47 bits per heavy atom. The van der Waals surface area contributed by atoms with Crippen molar-refractivity contribution in [2.75, 3.05) is 23.3 Å². The van der Waals surface area contributed by atoms with Crippen LogP contribution >= 0.6 is 11.6 Å². The third-order valence-corrected chi connectivity index (χ3v) is 6.56. The summed E-state index contributed by atoms with van der Waals surface area (Å²) < 4.78 is 1.85. The van der Waals surface area contributed by atoms with Crippen LogP contribution in [0.15, 0.2) is 59.8 Å². The highest BCUT2D eigenvalue weighted by Crippen LogP contribution is 2.40. The number of halogens is 1. The van der Waals surface area contributed by atoms with Crippen molar-refractivity contribution in [2.45, 2.75) is 39.2 Å². The maximum Gasteiger partial charge on any atom is 0.226 e. The summed E-state index contributed by atoms with van der Waals surface area (Å²) >= 11 is 6.13. The maximum atomic E-state index is 12.9. The van der Waals surface area contributed by atoms with E-state index in [1.54, 1.807) is 0 Å². The van der Waals surface area contributed by atoms with Crippen LogP contribution in [0, 0.1) is 0 Å². The van der Waals surface area contributed by atoms with Gasteiger partial charge in [0.15, 0.2) is 11.6 Å². The zero-order chi connectivity index (χ0) is 22.2. The molecule has 1 aliphatic heterocycles. The van der Waals surface area contributed by atoms with E-state index in [1.165, 1.54) is 5.69 Å². The number of ketones is 1. The van der Waals surface area contributed by atoms with Gasteiger partial charge in [0.25, 0.3) is 0 Å². The molecule has 1 atom stereocenters. The highest BCUT2D eigenvalue weighted by molar-refractivity contribution is 6.30. The van der Waals surface area contributed by atoms with Crippen molar-refractivity contribution in [3.05, 3.63) is 70.4 Å². The molecule has 0 radical (unpaired) electrons. The Balaban J connectivity index is 1.57. The lowest BCUT2D eigenvalue weighted by molar-refractivity contribution is -0.116. The Bertz CT molecular complexity index is 1180. The minimum Gasteiger partial charge on any atom is -0.372 e. The third kappa shape index (κ3) is 3.58. The minimum absolute atomic E-state index is 0.171. The number of anilines is 2. The van der Waals surface area contributed by atoms with E-state index < -0.39 is 0 Å². The Labute approximate surface area is 192 Å². The molecule has 6 nitrogen and oxygen atoms in total. The molecule has 1 aromatic heterocycles. The molecule has 0 spiro atoms. The van der Waals surface area contributed by atoms with E-state index in [1.807, 2.05) is 28.9 Å². The molecule has 7 heteroatoms. The van der Waals surface area contributed by atoms with Gasteiger partial charge in [0.1, 0.15) is 6.04 Å². The van der Waals surface area contributed by atoms with Crippen LogP contribution in [0.1, 0.15) is 44.7 Å². The van der Waals surface area contributed by atoms with Crippen LogP contribution in [-0.2, 0) is 4.79 Å². The summed E-state index contributed by atoms with van der Waals surface area (Å²) in [5.74, 6) is 1.48. The molecule has 0 amide bonds. The van der Waals surface area contributed by atoms with Gasteiger partial charge in [-0.25, -0.2) is 4.68 Å². The number of rotatable bonds is 5. The monoisotopic (exact) mass is 447 g/mol. The van der Waals surface area contributed by atoms with Crippen LogP contribution in [0.3, 0.4) is 0 Å². The summed E-state index contributed by atoms with van der Waals surface area (Å²) in [6.07, 6.45) is 2.26. The summed E-state index contributed by atoms with van der Waals surface area (Å²) in [6.45, 7) is 6.23. The van der Waals surface area contributed by atoms with Crippen LogP contribution in [0.25, 0.3) is 11.4 Å². The topological polar surface area (TPSA) is 63.1 Å². The largest absolute Gasteiger partial charge is 0.372 e. The van der Waals surface area contributed by atoms with Crippen molar-refractivity contribution < 1.29 is 4.79 Å². The first-order valence-corrected chi connectivity index (χ1v) is 11.6. The number of aromatic nitrogens is 3. The van der Waals surface area contributed by atoms with Gasteiger partial charge >= 0.3 is 0 Å². The second kappa shape index (κ2) is 8.43. The van der Waals surface area contributed by atoms with Gasteiger partial charge in [0.05, 0.1) is 0 Å². The molecule has 5 rings (SSSR count). The first kappa shape index (κ1) is 20.8. The smallest absolute Gasteiger partial charge is 0.226 e. The Kier molecular flexibility index (Phi) is 5.47. The van der Waals surface area contributed by atoms with Gasteiger partial charge in [0, 0.05) is 47.1 Å². The molecule has 1 N–H and O–H groups in total. The predicted molar refractivity (Wildman–Crippen MR) is 128 cm³/mol. The van der Waals surface area contributed by atoms with Crippen molar-refractivity contribution in [1.29, 1.82) is 0 Å². The van der Waals surface area contributed by atoms with Gasteiger partial charge in [0.2, 0.25) is 5.95 Å². The fraction of sp³-hybridized carbons (Fsp3) is 0.320. The van der Waals surface area contributed by atoms with E-state index in [4.69, 9.17) is 21.7 Å². The minimum atomic E-state index is -0.303. The number of carbonyl (C=O) groups excluding carboxylic acids is 1.